The van der Waals surface area contributed by atoms with Gasteiger partial charge in [-0.15, -0.1) is 9.24 Å². The molecule has 0 amide bonds. The van der Waals surface area contributed by atoms with Gasteiger partial charge in [0.15, 0.2) is 0 Å². The van der Waals surface area contributed by atoms with Gasteiger partial charge in [0.2, 0.25) is 0 Å². The second-order valence-electron chi connectivity index (χ2n) is 3.14. The predicted octanol–water partition coefficient (Wildman–Crippen LogP) is 2.44. The van der Waals surface area contributed by atoms with E-state index in [1.807, 2.05) is 0 Å². The fourth-order valence-electron chi connectivity index (χ4n) is 1.21. The van der Waals surface area contributed by atoms with E-state index in [2.05, 4.69) is 0 Å². The molecule has 0 saturated heterocycles. The maximum atomic E-state index is 13.2. The molecule has 0 saturated carbocycles. The number of hydrogen-bond donors (Lipinski definition) is 1. The van der Waals surface area contributed by atoms with E-state index < -0.39 is 23.5 Å². The first-order chi connectivity index (χ1) is 7.71. The van der Waals surface area contributed by atoms with Gasteiger partial charge in [-0.25, -0.2) is 9.18 Å². The molecule has 0 aromatic heterocycles. The molecule has 92 valence electrons. The van der Waals surface area contributed by atoms with E-state index >= 15 is 0 Å². The van der Waals surface area contributed by atoms with E-state index in [1.54, 1.807) is 9.24 Å². The Labute approximate surface area is 96.1 Å². The van der Waals surface area contributed by atoms with E-state index in [1.165, 1.54) is 0 Å². The number of carbonyl (C=O) groups is 1. The lowest BCUT2D eigenvalue weighted by atomic mass is 10.1. The molecule has 0 spiro atoms. The van der Waals surface area contributed by atoms with Crippen LogP contribution in [-0.4, -0.2) is 11.1 Å². The van der Waals surface area contributed by atoms with Crippen LogP contribution in [0.15, 0.2) is 18.2 Å². The van der Waals surface area contributed by atoms with Crippen LogP contribution in [0.4, 0.5) is 17.6 Å². The van der Waals surface area contributed by atoms with Crippen LogP contribution in [-0.2, 0) is 11.0 Å². The molecule has 1 unspecified atom stereocenters. The number of halogens is 4. The highest BCUT2D eigenvalue weighted by molar-refractivity contribution is 7.27. The van der Waals surface area contributed by atoms with Crippen molar-refractivity contribution >= 4 is 26.6 Å². The van der Waals surface area contributed by atoms with Crippen molar-refractivity contribution in [1.82, 2.24) is 0 Å². The van der Waals surface area contributed by atoms with E-state index in [4.69, 9.17) is 5.11 Å². The van der Waals surface area contributed by atoms with Crippen molar-refractivity contribution in [3.8, 4) is 0 Å². The first-order valence-electron chi connectivity index (χ1n) is 4.29. The SMILES string of the molecule is O=C(O)/C=C/c1cc(F)c(C(F)(F)F)c(P)c1. The van der Waals surface area contributed by atoms with Gasteiger partial charge in [0.1, 0.15) is 5.82 Å². The standard InChI is InChI=1S/C10H7F4O2P/c11-6-3-5(1-2-8(15)16)4-7(17)9(6)10(12,13)14/h1-4H,17H2,(H,15,16)/b2-1+. The molecule has 17 heavy (non-hydrogen) atoms. The van der Waals surface area contributed by atoms with E-state index in [9.17, 15) is 22.4 Å². The molecule has 0 heterocycles. The molecule has 1 N–H and O–H groups in total. The highest BCUT2D eigenvalue weighted by atomic mass is 31.0. The van der Waals surface area contributed by atoms with Gasteiger partial charge in [0, 0.05) is 6.08 Å². The summed E-state index contributed by atoms with van der Waals surface area (Å²) in [4.78, 5) is 10.2. The third-order valence-electron chi connectivity index (χ3n) is 1.84. The molecular weight excluding hydrogens is 259 g/mol. The molecule has 2 nitrogen and oxygen atoms in total. The van der Waals surface area contributed by atoms with Crippen molar-refractivity contribution in [2.75, 3.05) is 0 Å². The second-order valence-corrected chi connectivity index (χ2v) is 3.76. The van der Waals surface area contributed by atoms with Crippen molar-refractivity contribution in [1.29, 1.82) is 0 Å². The van der Waals surface area contributed by atoms with Crippen LogP contribution in [0.2, 0.25) is 0 Å². The molecule has 0 fully saturated rings. The molecular formula is C10H7F4O2P. The predicted molar refractivity (Wildman–Crippen MR) is 57.4 cm³/mol. The number of carboxylic acid groups (broad SMARTS) is 1. The minimum atomic E-state index is -4.78. The lowest BCUT2D eigenvalue weighted by Crippen LogP contribution is -2.17. The zero-order valence-corrected chi connectivity index (χ0v) is 9.41. The quantitative estimate of drug-likeness (QED) is 0.507. The van der Waals surface area contributed by atoms with E-state index in [0.29, 0.717) is 12.1 Å². The number of benzene rings is 1. The number of aliphatic carboxylic acids is 1. The number of alkyl halides is 3. The van der Waals surface area contributed by atoms with Crippen LogP contribution in [0.25, 0.3) is 6.08 Å². The molecule has 1 atom stereocenters. The van der Waals surface area contributed by atoms with Gasteiger partial charge < -0.3 is 5.11 Å². The van der Waals surface area contributed by atoms with Crippen LogP contribution >= 0.6 is 9.24 Å². The smallest absolute Gasteiger partial charge is 0.419 e. The summed E-state index contributed by atoms with van der Waals surface area (Å²) < 4.78 is 50.4. The van der Waals surface area contributed by atoms with Crippen LogP contribution in [0.5, 0.6) is 0 Å². The summed E-state index contributed by atoms with van der Waals surface area (Å²) >= 11 is 0. The molecule has 0 aliphatic rings. The Morgan fingerprint density at radius 3 is 2.35 bits per heavy atom. The topological polar surface area (TPSA) is 37.3 Å². The summed E-state index contributed by atoms with van der Waals surface area (Å²) in [7, 11) is 1.77. The zero-order valence-electron chi connectivity index (χ0n) is 8.25. The highest BCUT2D eigenvalue weighted by Crippen LogP contribution is 2.31. The molecule has 7 heteroatoms. The fraction of sp³-hybridized carbons (Fsp3) is 0.100. The lowest BCUT2D eigenvalue weighted by molar-refractivity contribution is -0.139. The van der Waals surface area contributed by atoms with Gasteiger partial charge in [-0.2, -0.15) is 13.2 Å². The number of carboxylic acids is 1. The zero-order chi connectivity index (χ0) is 13.2. The minimum Gasteiger partial charge on any atom is -0.478 e. The van der Waals surface area contributed by atoms with E-state index in [-0.39, 0.29) is 10.9 Å². The Bertz CT molecular complexity index is 457. The average molecular weight is 266 g/mol. The summed E-state index contributed by atoms with van der Waals surface area (Å²) in [6.45, 7) is 0. The molecule has 1 aromatic carbocycles. The Hall–Kier alpha value is -1.42. The van der Waals surface area contributed by atoms with Crippen LogP contribution in [0.3, 0.4) is 0 Å². The van der Waals surface area contributed by atoms with Crippen molar-refractivity contribution in [3.63, 3.8) is 0 Å². The monoisotopic (exact) mass is 266 g/mol. The Morgan fingerprint density at radius 1 is 1.35 bits per heavy atom. The number of rotatable bonds is 2. The van der Waals surface area contributed by atoms with Crippen molar-refractivity contribution in [2.24, 2.45) is 0 Å². The summed E-state index contributed by atoms with van der Waals surface area (Å²) in [6, 6.07) is 1.67. The molecule has 0 radical (unpaired) electrons. The Morgan fingerprint density at radius 2 is 1.94 bits per heavy atom. The molecule has 1 aromatic rings. The lowest BCUT2D eigenvalue weighted by Gasteiger charge is -2.11. The first kappa shape index (κ1) is 13.6. The van der Waals surface area contributed by atoms with Crippen molar-refractivity contribution < 1.29 is 27.5 Å². The van der Waals surface area contributed by atoms with Gasteiger partial charge in [-0.1, -0.05) is 0 Å². The Kier molecular flexibility index (Phi) is 3.88. The maximum Gasteiger partial charge on any atom is 0.419 e. The van der Waals surface area contributed by atoms with Gasteiger partial charge in [-0.05, 0) is 29.1 Å². The average Bonchev–Trinajstić information content (AvgIpc) is 2.11. The van der Waals surface area contributed by atoms with Crippen LogP contribution in [0, 0.1) is 5.82 Å². The summed E-state index contributed by atoms with van der Waals surface area (Å²) in [6.07, 6.45) is -3.05. The number of hydrogen-bond acceptors (Lipinski definition) is 1. The summed E-state index contributed by atoms with van der Waals surface area (Å²) in [5.41, 5.74) is -1.32. The first-order valence-corrected chi connectivity index (χ1v) is 4.87. The Balaban J connectivity index is 3.23. The normalized spacial score (nSPS) is 12.1. The molecule has 0 bridgehead atoms. The summed E-state index contributed by atoms with van der Waals surface area (Å²) in [5.74, 6) is -2.70. The van der Waals surface area contributed by atoms with Crippen molar-refractivity contribution in [2.45, 2.75) is 6.18 Å². The fourth-order valence-corrected chi connectivity index (χ4v) is 1.71. The van der Waals surface area contributed by atoms with Crippen LogP contribution < -0.4 is 5.30 Å². The van der Waals surface area contributed by atoms with Crippen molar-refractivity contribution in [3.05, 3.63) is 35.2 Å². The second kappa shape index (κ2) is 4.84. The van der Waals surface area contributed by atoms with E-state index in [0.717, 1.165) is 12.1 Å². The van der Waals surface area contributed by atoms with Crippen LogP contribution in [0.1, 0.15) is 11.1 Å². The molecule has 0 aliphatic heterocycles. The summed E-state index contributed by atoms with van der Waals surface area (Å²) in [5, 5.41) is 7.96. The van der Waals surface area contributed by atoms with Gasteiger partial charge in [0.25, 0.3) is 0 Å². The maximum absolute atomic E-state index is 13.2. The van der Waals surface area contributed by atoms with Gasteiger partial charge in [0.05, 0.1) is 5.56 Å². The third kappa shape index (κ3) is 3.53. The molecule has 1 rings (SSSR count). The molecule has 0 aliphatic carbocycles. The third-order valence-corrected chi connectivity index (χ3v) is 2.30. The largest absolute Gasteiger partial charge is 0.478 e. The van der Waals surface area contributed by atoms with Gasteiger partial charge >= 0.3 is 12.1 Å². The van der Waals surface area contributed by atoms with Gasteiger partial charge in [-0.3, -0.25) is 0 Å². The highest BCUT2D eigenvalue weighted by Gasteiger charge is 2.36. The minimum absolute atomic E-state index is 0.0444.